The summed E-state index contributed by atoms with van der Waals surface area (Å²) in [5.41, 5.74) is 0. The molecule has 0 aliphatic carbocycles. The largest absolute Gasteiger partial charge is 0.481 e. The number of aliphatic carboxylic acids is 2. The van der Waals surface area contributed by atoms with Crippen LogP contribution >= 0.6 is 0 Å². The number of carboxylic acids is 2. The van der Waals surface area contributed by atoms with E-state index in [0.29, 0.717) is 11.5 Å². The average molecular weight is 976 g/mol. The van der Waals surface area contributed by atoms with Gasteiger partial charge in [0.05, 0.1) is 59.5 Å². The maximum Gasteiger partial charge on any atom is 0.358 e. The van der Waals surface area contributed by atoms with E-state index in [4.69, 9.17) is 33.5 Å². The van der Waals surface area contributed by atoms with Crippen LogP contribution in [0, 0.1) is 0 Å². The molecule has 0 aromatic rings. The van der Waals surface area contributed by atoms with Crippen molar-refractivity contribution in [2.24, 2.45) is 0 Å². The van der Waals surface area contributed by atoms with E-state index in [0.717, 1.165) is 44.9 Å². The van der Waals surface area contributed by atoms with Crippen molar-refractivity contribution in [3.05, 3.63) is 0 Å². The summed E-state index contributed by atoms with van der Waals surface area (Å²) in [6.07, 6.45) is 15.3. The van der Waals surface area contributed by atoms with Crippen LogP contribution in [-0.4, -0.2) is 174 Å². The van der Waals surface area contributed by atoms with Gasteiger partial charge < -0.3 is 64.7 Å². The number of nitrogens with one attached hydrogen (secondary N) is 4. The molecule has 6 amide bonds. The summed E-state index contributed by atoms with van der Waals surface area (Å²) in [4.78, 5) is 110. The first-order valence-electron chi connectivity index (χ1n) is 24.0. The van der Waals surface area contributed by atoms with E-state index in [1.165, 1.54) is 38.5 Å². The van der Waals surface area contributed by atoms with Crippen LogP contribution < -0.4 is 21.3 Å². The molecule has 1 heterocycles. The zero-order valence-corrected chi connectivity index (χ0v) is 39.7. The lowest BCUT2D eigenvalue weighted by molar-refractivity contribution is -0.200. The molecule has 1 atom stereocenters. The SMILES string of the molecule is O=C(O)CCCCCCCCCCCCCCCCC(=O)NC(CCC(=O)NCCOCCOCC(=O)NCCOCCOCC(=O)NCCOCCOCC(=O)ON1C(=O)CCC1=O)C(=O)O. The standard InChI is InChI=1S/C45H77N5O18/c51-37(18-17-36(45(60)61)49-38(52)15-13-11-9-7-5-3-1-2-4-6-8-10-12-14-16-43(57)58)46-21-24-62-27-30-65-33-39(53)47-22-25-63-28-31-66-34-40(54)48-23-26-64-29-32-67-35-44(59)68-50-41(55)19-20-42(50)56/h36H,1-35H2,(H,46,51)(H,47,53)(H,48,54)(H,49,52)(H,57,58)(H,60,61). The molecule has 68 heavy (non-hydrogen) atoms. The van der Waals surface area contributed by atoms with Crippen LogP contribution in [0.3, 0.4) is 0 Å². The van der Waals surface area contributed by atoms with Gasteiger partial charge in [0.2, 0.25) is 23.6 Å². The molecular formula is C45H77N5O18. The quantitative estimate of drug-likeness (QED) is 0.0374. The number of imide groups is 1. The third-order valence-corrected chi connectivity index (χ3v) is 10.0. The number of unbranched alkanes of at least 4 members (excludes halogenated alkanes) is 13. The first-order valence-corrected chi connectivity index (χ1v) is 24.0. The van der Waals surface area contributed by atoms with Gasteiger partial charge in [-0.1, -0.05) is 77.0 Å². The summed E-state index contributed by atoms with van der Waals surface area (Å²) in [7, 11) is 0. The molecule has 1 aliphatic rings. The van der Waals surface area contributed by atoms with Gasteiger partial charge in [-0.3, -0.25) is 33.6 Å². The smallest absolute Gasteiger partial charge is 0.358 e. The fourth-order valence-electron chi connectivity index (χ4n) is 6.39. The normalized spacial score (nSPS) is 12.7. The Morgan fingerprint density at radius 2 is 0.838 bits per heavy atom. The van der Waals surface area contributed by atoms with Crippen LogP contribution in [-0.2, 0) is 76.4 Å². The zero-order chi connectivity index (χ0) is 49.9. The molecule has 1 saturated heterocycles. The van der Waals surface area contributed by atoms with Crippen molar-refractivity contribution in [1.82, 2.24) is 26.3 Å². The van der Waals surface area contributed by atoms with Crippen molar-refractivity contribution in [2.75, 3.05) is 98.9 Å². The van der Waals surface area contributed by atoms with Gasteiger partial charge >= 0.3 is 17.9 Å². The Labute approximate surface area is 399 Å². The molecule has 1 rings (SSSR count). The molecule has 0 radical (unpaired) electrons. The number of carbonyl (C=O) groups excluding carboxylic acids is 7. The molecule has 1 fully saturated rings. The molecular weight excluding hydrogens is 899 g/mol. The number of hydrogen-bond donors (Lipinski definition) is 6. The maximum absolute atomic E-state index is 12.3. The molecule has 0 aromatic carbocycles. The molecule has 1 aliphatic heterocycles. The van der Waals surface area contributed by atoms with Crippen molar-refractivity contribution >= 4 is 53.4 Å². The van der Waals surface area contributed by atoms with Crippen molar-refractivity contribution in [3.8, 4) is 0 Å². The van der Waals surface area contributed by atoms with E-state index < -0.39 is 42.4 Å². The Hall–Kier alpha value is -4.81. The van der Waals surface area contributed by atoms with E-state index in [-0.39, 0.29) is 154 Å². The second-order valence-corrected chi connectivity index (χ2v) is 15.9. The zero-order valence-electron chi connectivity index (χ0n) is 39.7. The summed E-state index contributed by atoms with van der Waals surface area (Å²) in [6, 6.07) is -1.15. The predicted octanol–water partition coefficient (Wildman–Crippen LogP) is 1.72. The number of carbonyl (C=O) groups is 9. The first-order chi connectivity index (χ1) is 32.9. The Kier molecular flexibility index (Phi) is 38.1. The number of carboxylic acid groups (broad SMARTS) is 2. The maximum atomic E-state index is 12.3. The lowest BCUT2D eigenvalue weighted by atomic mass is 10.0. The summed E-state index contributed by atoms with van der Waals surface area (Å²) in [6.45, 7) is 1.25. The number of amides is 6. The van der Waals surface area contributed by atoms with Gasteiger partial charge in [-0.05, 0) is 19.3 Å². The van der Waals surface area contributed by atoms with E-state index >= 15 is 0 Å². The van der Waals surface area contributed by atoms with Gasteiger partial charge in [0.1, 0.15) is 25.9 Å². The van der Waals surface area contributed by atoms with Crippen molar-refractivity contribution in [1.29, 1.82) is 0 Å². The number of ether oxygens (including phenoxy) is 6. The van der Waals surface area contributed by atoms with Crippen LogP contribution in [0.5, 0.6) is 0 Å². The second-order valence-electron chi connectivity index (χ2n) is 15.9. The number of hydroxylamine groups is 2. The second kappa shape index (κ2) is 42.3. The van der Waals surface area contributed by atoms with Crippen LogP contribution in [0.2, 0.25) is 0 Å². The fourth-order valence-corrected chi connectivity index (χ4v) is 6.39. The van der Waals surface area contributed by atoms with E-state index in [9.17, 15) is 48.3 Å². The highest BCUT2D eigenvalue weighted by atomic mass is 16.7. The highest BCUT2D eigenvalue weighted by Gasteiger charge is 2.32. The summed E-state index contributed by atoms with van der Waals surface area (Å²) < 4.78 is 31.6. The highest BCUT2D eigenvalue weighted by molar-refractivity contribution is 6.01. The first kappa shape index (κ1) is 61.2. The fraction of sp³-hybridized carbons (Fsp3) is 0.800. The molecule has 23 nitrogen and oxygen atoms in total. The third-order valence-electron chi connectivity index (χ3n) is 10.0. The van der Waals surface area contributed by atoms with Gasteiger partial charge in [-0.15, -0.1) is 5.06 Å². The van der Waals surface area contributed by atoms with Crippen LogP contribution in [0.4, 0.5) is 0 Å². The number of nitrogens with zero attached hydrogens (tertiary/aromatic N) is 1. The Balaban J connectivity index is 1.87. The minimum Gasteiger partial charge on any atom is -0.481 e. The molecule has 390 valence electrons. The summed E-state index contributed by atoms with van der Waals surface area (Å²) in [5.74, 6) is -5.37. The Morgan fingerprint density at radius 1 is 0.456 bits per heavy atom. The summed E-state index contributed by atoms with van der Waals surface area (Å²) in [5, 5.41) is 29.0. The lowest BCUT2D eigenvalue weighted by Gasteiger charge is -2.14. The van der Waals surface area contributed by atoms with Crippen molar-refractivity contribution in [2.45, 2.75) is 134 Å². The average Bonchev–Trinajstić information content (AvgIpc) is 3.61. The minimum atomic E-state index is -1.20. The summed E-state index contributed by atoms with van der Waals surface area (Å²) >= 11 is 0. The van der Waals surface area contributed by atoms with Gasteiger partial charge in [0, 0.05) is 51.7 Å². The van der Waals surface area contributed by atoms with Crippen LogP contribution in [0.15, 0.2) is 0 Å². The molecule has 0 spiro atoms. The predicted molar refractivity (Wildman–Crippen MR) is 241 cm³/mol. The molecule has 23 heteroatoms. The number of hydrogen-bond acceptors (Lipinski definition) is 16. The highest BCUT2D eigenvalue weighted by Crippen LogP contribution is 2.14. The monoisotopic (exact) mass is 976 g/mol. The third kappa shape index (κ3) is 37.2. The van der Waals surface area contributed by atoms with E-state index in [1.54, 1.807) is 0 Å². The molecule has 6 N–H and O–H groups in total. The van der Waals surface area contributed by atoms with E-state index in [2.05, 4.69) is 26.1 Å². The molecule has 0 bridgehead atoms. The van der Waals surface area contributed by atoms with Gasteiger partial charge in [-0.2, -0.15) is 0 Å². The molecule has 0 aromatic heterocycles. The van der Waals surface area contributed by atoms with Gasteiger partial charge in [0.15, 0.2) is 0 Å². The topological polar surface area (TPSA) is 310 Å². The van der Waals surface area contributed by atoms with Crippen LogP contribution in [0.1, 0.15) is 128 Å². The Bertz CT molecular complexity index is 1450. The minimum absolute atomic E-state index is 0.000276. The van der Waals surface area contributed by atoms with Crippen molar-refractivity contribution in [3.63, 3.8) is 0 Å². The van der Waals surface area contributed by atoms with Crippen LogP contribution in [0.25, 0.3) is 0 Å². The van der Waals surface area contributed by atoms with E-state index in [1.807, 2.05) is 0 Å². The lowest BCUT2D eigenvalue weighted by Crippen LogP contribution is -2.41. The van der Waals surface area contributed by atoms with Gasteiger partial charge in [0.25, 0.3) is 11.8 Å². The Morgan fingerprint density at radius 3 is 1.26 bits per heavy atom. The van der Waals surface area contributed by atoms with Crippen molar-refractivity contribution < 1.29 is 86.6 Å². The molecule has 0 saturated carbocycles. The molecule has 1 unspecified atom stereocenters. The number of rotatable bonds is 47. The van der Waals surface area contributed by atoms with Gasteiger partial charge in [-0.25, -0.2) is 9.59 Å².